The maximum absolute atomic E-state index is 13.8. The second-order valence-corrected chi connectivity index (χ2v) is 10.4. The molecular formula is C30H32N6O2. The van der Waals surface area contributed by atoms with Crippen molar-refractivity contribution in [1.82, 2.24) is 30.1 Å². The monoisotopic (exact) mass is 508 g/mol. The highest BCUT2D eigenvalue weighted by atomic mass is 16.3. The zero-order valence-electron chi connectivity index (χ0n) is 21.8. The number of rotatable bonds is 8. The summed E-state index contributed by atoms with van der Waals surface area (Å²) in [6, 6.07) is 20.1. The van der Waals surface area contributed by atoms with Crippen molar-refractivity contribution in [1.29, 1.82) is 0 Å². The molecule has 1 fully saturated rings. The number of aromatic amines is 1. The molecule has 5 aromatic rings. The summed E-state index contributed by atoms with van der Waals surface area (Å²) in [4.78, 5) is 19.2. The Morgan fingerprint density at radius 2 is 1.82 bits per heavy atom. The van der Waals surface area contributed by atoms with Gasteiger partial charge in [-0.15, -0.1) is 5.10 Å². The van der Waals surface area contributed by atoms with Crippen molar-refractivity contribution in [2.75, 3.05) is 0 Å². The average Bonchev–Trinajstić information content (AvgIpc) is 3.70. The molecule has 8 heteroatoms. The van der Waals surface area contributed by atoms with E-state index >= 15 is 0 Å². The fourth-order valence-corrected chi connectivity index (χ4v) is 5.64. The van der Waals surface area contributed by atoms with Gasteiger partial charge in [0.25, 0.3) is 5.56 Å². The number of hydrogen-bond donors (Lipinski definition) is 1. The lowest BCUT2D eigenvalue weighted by atomic mass is 9.99. The minimum atomic E-state index is -0.481. The van der Waals surface area contributed by atoms with Crippen molar-refractivity contribution in [3.63, 3.8) is 0 Å². The van der Waals surface area contributed by atoms with Crippen LogP contribution in [0.15, 0.2) is 76.1 Å². The summed E-state index contributed by atoms with van der Waals surface area (Å²) in [7, 11) is 0. The normalized spacial score (nSPS) is 15.0. The van der Waals surface area contributed by atoms with Crippen LogP contribution in [0, 0.1) is 13.8 Å². The van der Waals surface area contributed by atoms with Gasteiger partial charge >= 0.3 is 0 Å². The number of nitrogens with zero attached hydrogens (tertiary/aromatic N) is 5. The van der Waals surface area contributed by atoms with E-state index in [0.717, 1.165) is 53.5 Å². The van der Waals surface area contributed by atoms with Crippen molar-refractivity contribution >= 4 is 10.9 Å². The molecule has 0 spiro atoms. The van der Waals surface area contributed by atoms with E-state index in [0.29, 0.717) is 24.5 Å². The number of pyridine rings is 1. The summed E-state index contributed by atoms with van der Waals surface area (Å²) >= 11 is 0. The third-order valence-corrected chi connectivity index (χ3v) is 7.75. The van der Waals surface area contributed by atoms with Gasteiger partial charge < -0.3 is 9.40 Å². The third kappa shape index (κ3) is 4.79. The largest absolute Gasteiger partial charge is 0.468 e. The van der Waals surface area contributed by atoms with Crippen molar-refractivity contribution in [2.24, 2.45) is 0 Å². The Hall–Kier alpha value is -4.04. The van der Waals surface area contributed by atoms with Gasteiger partial charge in [0.1, 0.15) is 11.8 Å². The molecule has 1 aliphatic carbocycles. The molecule has 194 valence electrons. The number of tetrazole rings is 1. The molecule has 1 N–H and O–H groups in total. The number of aryl methyl sites for hydroxylation is 2. The second kappa shape index (κ2) is 10.4. The first-order chi connectivity index (χ1) is 18.6. The third-order valence-electron chi connectivity index (χ3n) is 7.75. The van der Waals surface area contributed by atoms with Gasteiger partial charge in [0, 0.05) is 17.6 Å². The molecule has 1 atom stereocenters. The van der Waals surface area contributed by atoms with Crippen molar-refractivity contribution in [3.8, 4) is 0 Å². The first-order valence-corrected chi connectivity index (χ1v) is 13.3. The number of fused-ring (bicyclic) bond motifs is 1. The van der Waals surface area contributed by atoms with Crippen LogP contribution in [-0.4, -0.2) is 30.1 Å². The average molecular weight is 509 g/mol. The van der Waals surface area contributed by atoms with Crippen LogP contribution in [0.5, 0.6) is 0 Å². The highest BCUT2D eigenvalue weighted by molar-refractivity contribution is 5.81. The fourth-order valence-electron chi connectivity index (χ4n) is 5.64. The van der Waals surface area contributed by atoms with Crippen LogP contribution in [0.3, 0.4) is 0 Å². The predicted molar refractivity (Wildman–Crippen MR) is 146 cm³/mol. The molecule has 6 rings (SSSR count). The van der Waals surface area contributed by atoms with Crippen LogP contribution in [0.4, 0.5) is 0 Å². The Balaban J connectivity index is 1.54. The van der Waals surface area contributed by atoms with Gasteiger partial charge in [0.15, 0.2) is 5.82 Å². The topological polar surface area (TPSA) is 92.8 Å². The van der Waals surface area contributed by atoms with Crippen LogP contribution in [0.2, 0.25) is 0 Å². The summed E-state index contributed by atoms with van der Waals surface area (Å²) in [6.45, 7) is 5.24. The molecule has 3 aromatic heterocycles. The van der Waals surface area contributed by atoms with E-state index in [2.05, 4.69) is 57.5 Å². The molecule has 2 aromatic carbocycles. The first-order valence-electron chi connectivity index (χ1n) is 13.3. The number of hydrogen-bond acceptors (Lipinski definition) is 6. The van der Waals surface area contributed by atoms with Crippen LogP contribution < -0.4 is 5.56 Å². The lowest BCUT2D eigenvalue weighted by Gasteiger charge is -2.31. The zero-order valence-corrected chi connectivity index (χ0v) is 21.8. The maximum Gasteiger partial charge on any atom is 0.253 e. The fraction of sp³-hybridized carbons (Fsp3) is 0.333. The Kier molecular flexibility index (Phi) is 6.64. The van der Waals surface area contributed by atoms with E-state index in [9.17, 15) is 4.79 Å². The molecule has 8 nitrogen and oxygen atoms in total. The molecule has 0 saturated heterocycles. The van der Waals surface area contributed by atoms with E-state index in [-0.39, 0.29) is 11.6 Å². The molecule has 0 aliphatic heterocycles. The number of benzene rings is 2. The molecule has 1 saturated carbocycles. The molecule has 0 radical (unpaired) electrons. The minimum Gasteiger partial charge on any atom is -0.468 e. The number of H-pyrrole nitrogens is 1. The van der Waals surface area contributed by atoms with Crippen molar-refractivity contribution in [2.45, 2.75) is 64.7 Å². The Morgan fingerprint density at radius 1 is 1.03 bits per heavy atom. The number of furan rings is 1. The Labute approximate surface area is 221 Å². The summed E-state index contributed by atoms with van der Waals surface area (Å²) in [5.74, 6) is 1.50. The standard InChI is InChI=1S/C30H32N6O2/c1-20-15-23-17-26(30(37)31-27(23)16-21(20)2)28(29-32-33-34-36(29)24-11-6-7-12-24)35(19-25-13-8-14-38-25)18-22-9-4-3-5-10-22/h3-5,8-10,13-17,24,28H,6-7,11-12,18-19H2,1-2H3,(H,31,37)/t28-/m0/s1. The smallest absolute Gasteiger partial charge is 0.253 e. The Morgan fingerprint density at radius 3 is 2.58 bits per heavy atom. The van der Waals surface area contributed by atoms with Crippen LogP contribution in [-0.2, 0) is 13.1 Å². The van der Waals surface area contributed by atoms with Crippen molar-refractivity contribution < 1.29 is 4.42 Å². The molecule has 0 amide bonds. The second-order valence-electron chi connectivity index (χ2n) is 10.4. The molecular weight excluding hydrogens is 476 g/mol. The molecule has 38 heavy (non-hydrogen) atoms. The predicted octanol–water partition coefficient (Wildman–Crippen LogP) is 5.63. The first kappa shape index (κ1) is 24.3. The zero-order chi connectivity index (χ0) is 26.1. The number of nitrogens with one attached hydrogen (secondary N) is 1. The van der Waals surface area contributed by atoms with E-state index in [1.165, 1.54) is 5.56 Å². The van der Waals surface area contributed by atoms with Crippen LogP contribution in [0.25, 0.3) is 10.9 Å². The van der Waals surface area contributed by atoms with Gasteiger partial charge in [-0.1, -0.05) is 43.2 Å². The van der Waals surface area contributed by atoms with Crippen LogP contribution in [0.1, 0.15) is 71.6 Å². The van der Waals surface area contributed by atoms with E-state index in [1.54, 1.807) is 6.26 Å². The van der Waals surface area contributed by atoms with Gasteiger partial charge in [-0.2, -0.15) is 0 Å². The summed E-state index contributed by atoms with van der Waals surface area (Å²) < 4.78 is 7.74. The van der Waals surface area contributed by atoms with Gasteiger partial charge in [-0.3, -0.25) is 9.69 Å². The quantitative estimate of drug-likeness (QED) is 0.292. The van der Waals surface area contributed by atoms with Gasteiger partial charge in [0.05, 0.1) is 18.8 Å². The summed E-state index contributed by atoms with van der Waals surface area (Å²) in [5, 5.41) is 14.1. The van der Waals surface area contributed by atoms with Gasteiger partial charge in [0.2, 0.25) is 0 Å². The molecule has 3 heterocycles. The van der Waals surface area contributed by atoms with Gasteiger partial charge in [-0.05, 0) is 89.5 Å². The SMILES string of the molecule is Cc1cc2cc([C@@H](c3nnnn3C3CCCC3)N(Cc3ccccc3)Cc3ccco3)c(=O)[nH]c2cc1C. The van der Waals surface area contributed by atoms with Crippen LogP contribution >= 0.6 is 0 Å². The summed E-state index contributed by atoms with van der Waals surface area (Å²) in [6.07, 6.45) is 6.07. The lowest BCUT2D eigenvalue weighted by molar-refractivity contribution is 0.176. The van der Waals surface area contributed by atoms with E-state index in [1.807, 2.05) is 47.1 Å². The maximum atomic E-state index is 13.8. The Bertz CT molecular complexity index is 1580. The van der Waals surface area contributed by atoms with Crippen molar-refractivity contribution in [3.05, 3.63) is 111 Å². The minimum absolute atomic E-state index is 0.135. The molecule has 1 aliphatic rings. The molecule has 0 bridgehead atoms. The number of aromatic nitrogens is 5. The van der Waals surface area contributed by atoms with E-state index in [4.69, 9.17) is 4.42 Å². The van der Waals surface area contributed by atoms with Gasteiger partial charge in [-0.25, -0.2) is 4.68 Å². The lowest BCUT2D eigenvalue weighted by Crippen LogP contribution is -2.35. The van der Waals surface area contributed by atoms with E-state index < -0.39 is 6.04 Å². The highest BCUT2D eigenvalue weighted by Gasteiger charge is 2.33. The molecule has 0 unspecified atom stereocenters. The summed E-state index contributed by atoms with van der Waals surface area (Å²) in [5.41, 5.74) is 4.77. The highest BCUT2D eigenvalue weighted by Crippen LogP contribution is 2.35.